The second-order valence-corrected chi connectivity index (χ2v) is 23.2. The molecule has 74 heavy (non-hydrogen) atoms. The summed E-state index contributed by atoms with van der Waals surface area (Å²) in [5, 5.41) is 37.2. The number of carbonyl (C=O) groups is 5. The lowest BCUT2D eigenvalue weighted by atomic mass is 9.68. The number of benzene rings is 1. The van der Waals surface area contributed by atoms with E-state index >= 15 is 0 Å². The number of methoxy groups -OCH3 is 3. The number of hydrogen-bond donors (Lipinski definition) is 3. The average Bonchev–Trinajstić information content (AvgIpc) is 3.37. The number of nitrogens with zero attached hydrogens (tertiary/aromatic N) is 2. The highest BCUT2D eigenvalue weighted by atomic mass is 35.5. The van der Waals surface area contributed by atoms with Gasteiger partial charge in [-0.25, -0.2) is 9.86 Å². The molecule has 5 fully saturated rings. The average molecular weight is 1080 g/mol. The number of para-hydroxylation sites is 1. The van der Waals surface area contributed by atoms with Crippen LogP contribution in [-0.4, -0.2) is 144 Å². The number of rotatable bonds is 6. The molecule has 8 heterocycles. The number of esters is 1. The summed E-state index contributed by atoms with van der Waals surface area (Å²) in [5.41, 5.74) is 1.66. The van der Waals surface area contributed by atoms with Crippen LogP contribution in [0.5, 0.6) is 0 Å². The van der Waals surface area contributed by atoms with Gasteiger partial charge in [-0.05, 0) is 126 Å². The molecule has 1 aliphatic carbocycles. The summed E-state index contributed by atoms with van der Waals surface area (Å²) in [5.74, 6) is -9.14. The first kappa shape index (κ1) is 58.4. The lowest BCUT2D eigenvalue weighted by Crippen LogP contribution is -2.65. The number of piperidine rings is 1. The second kappa shape index (κ2) is 25.0. The van der Waals surface area contributed by atoms with E-state index < -0.39 is 108 Å². The minimum absolute atomic E-state index is 0.0316. The van der Waals surface area contributed by atoms with Gasteiger partial charge in [-0.3, -0.25) is 24.0 Å². The third kappa shape index (κ3) is 12.5. The third-order valence-electron chi connectivity index (χ3n) is 17.5. The molecule has 412 valence electrons. The third-order valence-corrected chi connectivity index (χ3v) is 18.1. The molecule has 1 aromatic carbocycles. The SMILES string of the molecule is CO[C@H]1C[C@@H]2CCC(C)C(O)(O2)C(=O)C(=O)N2CCCC3C2C(=O)O[C@@H](CC(=O)[C@H](C)/C=C(\C)C(O)[C@@H](OC)C(=O)C(C)C[C@H](C)C2CCC(C=C1C)ON2c1c(Cl)cccc1Cl)[C@H]3C[C@@H]1CCC(O)[C@H](OC)C1. The van der Waals surface area contributed by atoms with Gasteiger partial charge in [0.05, 0.1) is 40.5 Å². The van der Waals surface area contributed by atoms with Crippen LogP contribution in [0.3, 0.4) is 0 Å². The number of allylic oxidation sites excluding steroid dienone is 1. The molecule has 9 aliphatic rings. The predicted molar refractivity (Wildman–Crippen MR) is 277 cm³/mol. The van der Waals surface area contributed by atoms with Crippen molar-refractivity contribution in [3.05, 3.63) is 51.5 Å². The number of ketones is 3. The zero-order chi connectivity index (χ0) is 53.9. The number of hydroxylamine groups is 1. The number of Topliss-reactive ketones (excluding diaryl/α,β-unsaturated/α-hetero) is 3. The lowest BCUT2D eigenvalue weighted by Gasteiger charge is -2.50. The maximum Gasteiger partial charge on any atom is 0.329 e. The van der Waals surface area contributed by atoms with Crippen LogP contribution in [0.4, 0.5) is 5.69 Å². The Morgan fingerprint density at radius 3 is 2.22 bits per heavy atom. The molecule has 0 radical (unpaired) electrons. The molecule has 1 amide bonds. The Bertz CT molecular complexity index is 2240. The van der Waals surface area contributed by atoms with E-state index in [1.54, 1.807) is 64.3 Å². The van der Waals surface area contributed by atoms with E-state index in [1.807, 2.05) is 26.8 Å². The molecule has 4 saturated heterocycles. The van der Waals surface area contributed by atoms with Crippen molar-refractivity contribution in [2.45, 2.75) is 192 Å². The fourth-order valence-corrected chi connectivity index (χ4v) is 13.6. The summed E-state index contributed by atoms with van der Waals surface area (Å²) in [4.78, 5) is 80.3. The van der Waals surface area contributed by atoms with Crippen LogP contribution in [0, 0.1) is 41.4 Å². The normalized spacial score (nSPS) is 40.4. The van der Waals surface area contributed by atoms with Crippen LogP contribution in [0.2, 0.25) is 10.0 Å². The van der Waals surface area contributed by atoms with Gasteiger partial charge in [0.25, 0.3) is 11.7 Å². The molecular weight excluding hydrogens is 996 g/mol. The van der Waals surface area contributed by atoms with Gasteiger partial charge in [0.2, 0.25) is 5.79 Å². The fourth-order valence-electron chi connectivity index (χ4n) is 13.0. The molecule has 18 atom stereocenters. The van der Waals surface area contributed by atoms with Crippen LogP contribution in [0.1, 0.15) is 125 Å². The molecule has 8 aliphatic heterocycles. The van der Waals surface area contributed by atoms with Crippen molar-refractivity contribution in [3.8, 4) is 0 Å². The second-order valence-electron chi connectivity index (χ2n) is 22.4. The van der Waals surface area contributed by atoms with Crippen molar-refractivity contribution in [1.82, 2.24) is 4.90 Å². The maximum atomic E-state index is 14.7. The number of aliphatic hydroxyl groups excluding tert-OH is 2. The number of amides is 1. The highest BCUT2D eigenvalue weighted by molar-refractivity contribution is 6.39. The number of anilines is 1. The van der Waals surface area contributed by atoms with Crippen molar-refractivity contribution < 1.29 is 67.8 Å². The largest absolute Gasteiger partial charge is 0.460 e. The topological polar surface area (TPSA) is 208 Å². The van der Waals surface area contributed by atoms with Gasteiger partial charge < -0.3 is 43.9 Å². The first-order valence-electron chi connectivity index (χ1n) is 26.9. The number of carbonyl (C=O) groups excluding carboxylic acids is 5. The summed E-state index contributed by atoms with van der Waals surface area (Å²) in [6.07, 6.45) is 3.07. The summed E-state index contributed by atoms with van der Waals surface area (Å²) in [6, 6.07) is 3.79. The van der Waals surface area contributed by atoms with Gasteiger partial charge >= 0.3 is 5.97 Å². The van der Waals surface area contributed by atoms with Gasteiger partial charge in [-0.1, -0.05) is 69.1 Å². The number of halogens is 2. The van der Waals surface area contributed by atoms with E-state index in [4.69, 9.17) is 51.7 Å². The molecule has 3 N–H and O–H groups in total. The Kier molecular flexibility index (Phi) is 19.7. The molecule has 1 aromatic rings. The highest BCUT2D eigenvalue weighted by Gasteiger charge is 2.57. The van der Waals surface area contributed by atoms with Gasteiger partial charge in [-0.2, -0.15) is 0 Å². The van der Waals surface area contributed by atoms with Gasteiger partial charge in [0, 0.05) is 64.4 Å². The summed E-state index contributed by atoms with van der Waals surface area (Å²) < 4.78 is 29.9. The maximum absolute atomic E-state index is 14.7. The molecule has 9 unspecified atom stereocenters. The first-order chi connectivity index (χ1) is 35.1. The molecule has 8 bridgehead atoms. The molecule has 0 spiro atoms. The lowest BCUT2D eigenvalue weighted by molar-refractivity contribution is -0.266. The molecule has 0 aromatic heterocycles. The Hall–Kier alpha value is -3.29. The van der Waals surface area contributed by atoms with Crippen LogP contribution < -0.4 is 5.06 Å². The monoisotopic (exact) mass is 1070 g/mol. The molecule has 1 saturated carbocycles. The van der Waals surface area contributed by atoms with Crippen molar-refractivity contribution >= 4 is 58.1 Å². The van der Waals surface area contributed by atoms with Crippen LogP contribution in [0.25, 0.3) is 0 Å². The summed E-state index contributed by atoms with van der Waals surface area (Å²) >= 11 is 13.7. The Labute approximate surface area is 446 Å². The van der Waals surface area contributed by atoms with Gasteiger partial charge in [0.1, 0.15) is 41.9 Å². The predicted octanol–water partition coefficient (Wildman–Crippen LogP) is 7.56. The summed E-state index contributed by atoms with van der Waals surface area (Å²) in [6.45, 7) is 10.8. The summed E-state index contributed by atoms with van der Waals surface area (Å²) in [7, 11) is 4.50. The van der Waals surface area contributed by atoms with Crippen molar-refractivity contribution in [2.75, 3.05) is 32.9 Å². The first-order valence-corrected chi connectivity index (χ1v) is 27.6. The van der Waals surface area contributed by atoms with Crippen molar-refractivity contribution in [3.63, 3.8) is 0 Å². The van der Waals surface area contributed by atoms with Crippen LogP contribution >= 0.6 is 23.2 Å². The smallest absolute Gasteiger partial charge is 0.329 e. The molecule has 10 rings (SSSR count). The number of aliphatic hydroxyl groups is 3. The van der Waals surface area contributed by atoms with Crippen LogP contribution in [-0.2, 0) is 52.5 Å². The van der Waals surface area contributed by atoms with Gasteiger partial charge in [0.15, 0.2) is 5.78 Å². The standard InChI is InChI=1S/C56H80Cl2N2O14/c1-29-22-32(4)50(63)52(71-9)51(64)33(5)23-30(2)44(62)28-46-39(25-35-16-20-43(61)47(26-35)70-8)38-12-11-21-59(48(38)55(67)72-46)54(66)53(65)56(68)34(6)15-17-36(73-56)27-45(69-7)31(3)24-37-18-19-42(29)60(74-37)49-40(57)13-10-14-41(49)58/h10,13-14,23-24,29-30,32,34-39,42-43,45-48,51-52,61,64,68H,11-12,15-22,25-28H2,1-9H3/b31-24?,33-23+/t29-,30+,32?,34?,35-,36-,37?,38?,39-,42?,43?,45-,46-,47+,48?,51?,52-,56?/m0/s1. The van der Waals surface area contributed by atoms with E-state index in [0.717, 1.165) is 5.57 Å². The Balaban J connectivity index is 1.24. The zero-order valence-corrected chi connectivity index (χ0v) is 46.1. The zero-order valence-electron chi connectivity index (χ0n) is 44.6. The van der Waals surface area contributed by atoms with E-state index in [-0.39, 0.29) is 48.8 Å². The van der Waals surface area contributed by atoms with Gasteiger partial charge in [-0.15, -0.1) is 0 Å². The van der Waals surface area contributed by atoms with E-state index in [2.05, 4.69) is 0 Å². The fraction of sp³-hybridized carbons (Fsp3) is 0.732. The van der Waals surface area contributed by atoms with E-state index in [1.165, 1.54) is 12.0 Å². The quantitative estimate of drug-likeness (QED) is 0.143. The Morgan fingerprint density at radius 2 is 1.54 bits per heavy atom. The van der Waals surface area contributed by atoms with E-state index in [9.17, 15) is 39.3 Å². The van der Waals surface area contributed by atoms with Crippen molar-refractivity contribution in [2.24, 2.45) is 41.4 Å². The minimum atomic E-state index is -2.50. The Morgan fingerprint density at radius 1 is 0.824 bits per heavy atom. The van der Waals surface area contributed by atoms with Crippen molar-refractivity contribution in [1.29, 1.82) is 0 Å². The molecule has 16 nitrogen and oxygen atoms in total. The molecular formula is C56H80Cl2N2O14. The molecule has 18 heteroatoms. The highest BCUT2D eigenvalue weighted by Crippen LogP contribution is 2.46. The van der Waals surface area contributed by atoms with Crippen LogP contribution in [0.15, 0.2) is 41.5 Å². The number of hydrogen-bond acceptors (Lipinski definition) is 15. The minimum Gasteiger partial charge on any atom is -0.460 e. The number of ether oxygens (including phenoxy) is 5. The van der Waals surface area contributed by atoms with E-state index in [0.29, 0.717) is 91.9 Å².